The van der Waals surface area contributed by atoms with Crippen molar-refractivity contribution in [2.24, 2.45) is 0 Å². The van der Waals surface area contributed by atoms with Gasteiger partial charge in [-0.05, 0) is 31.2 Å². The molecule has 0 fully saturated rings. The highest BCUT2D eigenvalue weighted by molar-refractivity contribution is 5.96. The van der Waals surface area contributed by atoms with Crippen LogP contribution >= 0.6 is 0 Å². The quantitative estimate of drug-likeness (QED) is 0.904. The zero-order valence-corrected chi connectivity index (χ0v) is 11.7. The number of nitrogens with one attached hydrogen (secondary N) is 2. The van der Waals surface area contributed by atoms with Crippen molar-refractivity contribution >= 4 is 11.8 Å². The Kier molecular flexibility index (Phi) is 4.88. The van der Waals surface area contributed by atoms with Crippen LogP contribution in [0.4, 0.5) is 0 Å². The van der Waals surface area contributed by atoms with Gasteiger partial charge >= 0.3 is 0 Å². The summed E-state index contributed by atoms with van der Waals surface area (Å²) in [6, 6.07) is 17.8. The lowest BCUT2D eigenvalue weighted by Gasteiger charge is -2.06. The second kappa shape index (κ2) is 7.05. The number of hydrogen-bond acceptors (Lipinski definition) is 2. The highest BCUT2D eigenvalue weighted by Gasteiger charge is 2.05. The van der Waals surface area contributed by atoms with E-state index in [9.17, 15) is 9.59 Å². The number of benzene rings is 2. The molecule has 2 rings (SSSR count). The third-order valence-electron chi connectivity index (χ3n) is 2.80. The molecule has 0 bridgehead atoms. The van der Waals surface area contributed by atoms with Gasteiger partial charge in [0.1, 0.15) is 0 Å². The lowest BCUT2D eigenvalue weighted by Crippen LogP contribution is -2.25. The summed E-state index contributed by atoms with van der Waals surface area (Å²) >= 11 is 0. The van der Waals surface area contributed by atoms with E-state index in [1.165, 1.54) is 6.20 Å². The molecule has 106 valence electrons. The number of amides is 2. The Morgan fingerprint density at radius 2 is 1.29 bits per heavy atom. The summed E-state index contributed by atoms with van der Waals surface area (Å²) in [6.07, 6.45) is 1.48. The SMILES string of the molecule is C/C(=C/NC(=O)c1ccccc1)NC(=O)c1ccccc1. The monoisotopic (exact) mass is 280 g/mol. The first-order chi connectivity index (χ1) is 10.2. The number of allylic oxidation sites excluding steroid dienone is 1. The predicted molar refractivity (Wildman–Crippen MR) is 81.6 cm³/mol. The van der Waals surface area contributed by atoms with Gasteiger partial charge in [0.25, 0.3) is 11.8 Å². The Morgan fingerprint density at radius 3 is 1.81 bits per heavy atom. The van der Waals surface area contributed by atoms with Crippen molar-refractivity contribution in [3.63, 3.8) is 0 Å². The van der Waals surface area contributed by atoms with Crippen LogP contribution in [-0.4, -0.2) is 11.8 Å². The molecule has 0 saturated carbocycles. The Bertz CT molecular complexity index is 649. The van der Waals surface area contributed by atoms with Gasteiger partial charge in [0, 0.05) is 23.0 Å². The molecule has 2 amide bonds. The molecule has 0 spiro atoms. The fraction of sp³-hybridized carbons (Fsp3) is 0.0588. The Hall–Kier alpha value is -2.88. The number of carbonyl (C=O) groups excluding carboxylic acids is 2. The molecule has 0 aliphatic heterocycles. The van der Waals surface area contributed by atoms with Gasteiger partial charge < -0.3 is 10.6 Å². The summed E-state index contributed by atoms with van der Waals surface area (Å²) in [5.41, 5.74) is 1.70. The predicted octanol–water partition coefficient (Wildman–Crippen LogP) is 2.71. The van der Waals surface area contributed by atoms with Gasteiger partial charge in [-0.25, -0.2) is 0 Å². The molecule has 2 aromatic rings. The van der Waals surface area contributed by atoms with E-state index in [4.69, 9.17) is 0 Å². The van der Waals surface area contributed by atoms with Crippen LogP contribution in [0.2, 0.25) is 0 Å². The van der Waals surface area contributed by atoms with Gasteiger partial charge in [-0.2, -0.15) is 0 Å². The van der Waals surface area contributed by atoms with E-state index >= 15 is 0 Å². The van der Waals surface area contributed by atoms with Crippen LogP contribution in [0.5, 0.6) is 0 Å². The molecule has 2 aromatic carbocycles. The van der Waals surface area contributed by atoms with Crippen LogP contribution in [0.1, 0.15) is 27.6 Å². The minimum atomic E-state index is -0.219. The second-order valence-corrected chi connectivity index (χ2v) is 4.49. The van der Waals surface area contributed by atoms with Crippen molar-refractivity contribution in [2.45, 2.75) is 6.92 Å². The molecular weight excluding hydrogens is 264 g/mol. The van der Waals surface area contributed by atoms with Crippen LogP contribution in [0.25, 0.3) is 0 Å². The minimum Gasteiger partial charge on any atom is -0.327 e. The molecule has 4 heteroatoms. The molecule has 0 radical (unpaired) electrons. The largest absolute Gasteiger partial charge is 0.327 e. The molecular formula is C17H16N2O2. The van der Waals surface area contributed by atoms with E-state index < -0.39 is 0 Å². The summed E-state index contributed by atoms with van der Waals surface area (Å²) < 4.78 is 0. The first kappa shape index (κ1) is 14.5. The van der Waals surface area contributed by atoms with Crippen LogP contribution < -0.4 is 10.6 Å². The Balaban J connectivity index is 1.93. The van der Waals surface area contributed by atoms with E-state index in [0.29, 0.717) is 16.8 Å². The van der Waals surface area contributed by atoms with Gasteiger partial charge in [-0.1, -0.05) is 36.4 Å². The lowest BCUT2D eigenvalue weighted by atomic mass is 10.2. The number of carbonyl (C=O) groups is 2. The second-order valence-electron chi connectivity index (χ2n) is 4.49. The Labute approximate surface area is 123 Å². The molecule has 0 atom stereocenters. The van der Waals surface area contributed by atoms with Gasteiger partial charge in [0.2, 0.25) is 0 Å². The number of rotatable bonds is 4. The smallest absolute Gasteiger partial charge is 0.255 e. The van der Waals surface area contributed by atoms with Crippen molar-refractivity contribution in [1.82, 2.24) is 10.6 Å². The summed E-state index contributed by atoms with van der Waals surface area (Å²) in [5.74, 6) is -0.428. The van der Waals surface area contributed by atoms with Gasteiger partial charge in [0.05, 0.1) is 0 Å². The van der Waals surface area contributed by atoms with E-state index in [1.54, 1.807) is 55.5 Å². The lowest BCUT2D eigenvalue weighted by molar-refractivity contribution is 0.0952. The van der Waals surface area contributed by atoms with Crippen molar-refractivity contribution < 1.29 is 9.59 Å². The third kappa shape index (κ3) is 4.31. The van der Waals surface area contributed by atoms with E-state index in [-0.39, 0.29) is 11.8 Å². The summed E-state index contributed by atoms with van der Waals surface area (Å²) in [7, 11) is 0. The van der Waals surface area contributed by atoms with Crippen LogP contribution in [0, 0.1) is 0 Å². The zero-order chi connectivity index (χ0) is 15.1. The normalized spacial score (nSPS) is 10.8. The standard InChI is InChI=1S/C17H16N2O2/c1-13(19-17(21)15-10-6-3-7-11-15)12-18-16(20)14-8-4-2-5-9-14/h2-12H,1H3,(H,18,20)(H,19,21)/b13-12-. The Morgan fingerprint density at radius 1 is 0.810 bits per heavy atom. The zero-order valence-electron chi connectivity index (χ0n) is 11.7. The van der Waals surface area contributed by atoms with Crippen molar-refractivity contribution in [3.05, 3.63) is 83.7 Å². The molecule has 4 nitrogen and oxygen atoms in total. The van der Waals surface area contributed by atoms with Crippen LogP contribution in [0.15, 0.2) is 72.6 Å². The van der Waals surface area contributed by atoms with Crippen LogP contribution in [0.3, 0.4) is 0 Å². The highest BCUT2D eigenvalue weighted by atomic mass is 16.2. The highest BCUT2D eigenvalue weighted by Crippen LogP contribution is 2.00. The number of hydrogen-bond donors (Lipinski definition) is 2. The van der Waals surface area contributed by atoms with Crippen LogP contribution in [-0.2, 0) is 0 Å². The van der Waals surface area contributed by atoms with Gasteiger partial charge in [-0.3, -0.25) is 9.59 Å². The van der Waals surface area contributed by atoms with E-state index in [2.05, 4.69) is 10.6 Å². The fourth-order valence-electron chi connectivity index (χ4n) is 1.72. The van der Waals surface area contributed by atoms with E-state index in [0.717, 1.165) is 0 Å². The van der Waals surface area contributed by atoms with Crippen molar-refractivity contribution in [1.29, 1.82) is 0 Å². The van der Waals surface area contributed by atoms with Gasteiger partial charge in [-0.15, -0.1) is 0 Å². The first-order valence-electron chi connectivity index (χ1n) is 6.56. The minimum absolute atomic E-state index is 0.210. The molecule has 0 unspecified atom stereocenters. The summed E-state index contributed by atoms with van der Waals surface area (Å²) in [4.78, 5) is 23.7. The summed E-state index contributed by atoms with van der Waals surface area (Å²) in [5, 5.41) is 5.35. The molecule has 0 aliphatic carbocycles. The molecule has 0 aromatic heterocycles. The maximum Gasteiger partial charge on any atom is 0.255 e. The maximum atomic E-state index is 11.9. The molecule has 0 saturated heterocycles. The van der Waals surface area contributed by atoms with Crippen molar-refractivity contribution in [2.75, 3.05) is 0 Å². The average Bonchev–Trinajstić information content (AvgIpc) is 2.54. The van der Waals surface area contributed by atoms with Gasteiger partial charge in [0.15, 0.2) is 0 Å². The van der Waals surface area contributed by atoms with E-state index in [1.807, 2.05) is 12.1 Å². The summed E-state index contributed by atoms with van der Waals surface area (Å²) in [6.45, 7) is 1.71. The molecule has 0 aliphatic rings. The maximum absolute atomic E-state index is 11.9. The molecule has 2 N–H and O–H groups in total. The fourth-order valence-corrected chi connectivity index (χ4v) is 1.72. The first-order valence-corrected chi connectivity index (χ1v) is 6.56. The average molecular weight is 280 g/mol. The van der Waals surface area contributed by atoms with Crippen molar-refractivity contribution in [3.8, 4) is 0 Å². The topological polar surface area (TPSA) is 58.2 Å². The molecule has 21 heavy (non-hydrogen) atoms. The molecule has 0 heterocycles. The third-order valence-corrected chi connectivity index (χ3v) is 2.80.